The van der Waals surface area contributed by atoms with Crippen LogP contribution in [0.2, 0.25) is 0 Å². The minimum Gasteiger partial charge on any atom is -0.367 e. The van der Waals surface area contributed by atoms with Gasteiger partial charge in [0.2, 0.25) is 5.95 Å². The molecule has 3 aromatic heterocycles. The molecule has 4 aromatic rings. The normalized spacial score (nSPS) is 14.5. The highest BCUT2D eigenvalue weighted by Gasteiger charge is 2.15. The van der Waals surface area contributed by atoms with E-state index in [1.54, 1.807) is 16.0 Å². The number of hydrogen-bond acceptors (Lipinski definition) is 5. The lowest BCUT2D eigenvalue weighted by atomic mass is 10.1. The fourth-order valence-corrected chi connectivity index (χ4v) is 4.11. The molecule has 31 heavy (non-hydrogen) atoms. The first-order chi connectivity index (χ1) is 14.8. The minimum absolute atomic E-state index is 0.202. The van der Waals surface area contributed by atoms with E-state index in [4.69, 9.17) is 5.73 Å². The second-order valence-corrected chi connectivity index (χ2v) is 7.95. The van der Waals surface area contributed by atoms with Crippen molar-refractivity contribution in [3.05, 3.63) is 42.0 Å². The van der Waals surface area contributed by atoms with E-state index in [9.17, 15) is 8.78 Å². The fourth-order valence-electron chi connectivity index (χ4n) is 4.11. The maximum atomic E-state index is 12.9. The zero-order valence-electron chi connectivity index (χ0n) is 18.0. The van der Waals surface area contributed by atoms with Crippen LogP contribution in [-0.4, -0.2) is 55.6 Å². The summed E-state index contributed by atoms with van der Waals surface area (Å²) >= 11 is 0. The Labute approximate surface area is 179 Å². The number of nitrogen functional groups attached to an aromatic ring is 1. The van der Waals surface area contributed by atoms with Crippen LogP contribution < -0.4 is 5.73 Å². The Morgan fingerprint density at radius 3 is 2.48 bits per heavy atom. The predicted octanol–water partition coefficient (Wildman–Crippen LogP) is 3.92. The van der Waals surface area contributed by atoms with E-state index < -0.39 is 6.43 Å². The average molecular weight is 428 g/mol. The van der Waals surface area contributed by atoms with Gasteiger partial charge in [-0.3, -0.25) is 0 Å². The van der Waals surface area contributed by atoms with E-state index in [0.717, 1.165) is 22.3 Å². The molecule has 9 heteroatoms. The number of nitrogens with two attached hydrogens (primary N) is 1. The zero-order chi connectivity index (χ0) is 22.1. The number of hydrogen-bond donors (Lipinski definition) is 1. The second-order valence-electron chi connectivity index (χ2n) is 7.95. The summed E-state index contributed by atoms with van der Waals surface area (Å²) < 4.78 is 29.0. The maximum Gasteiger partial charge on any atom is 0.256 e. The molecular formula is C22H27F2N7. The summed E-state index contributed by atoms with van der Waals surface area (Å²) in [4.78, 5) is 10.9. The van der Waals surface area contributed by atoms with Crippen molar-refractivity contribution in [3.8, 4) is 11.1 Å². The molecule has 1 aliphatic heterocycles. The molecule has 0 amide bonds. The molecule has 1 fully saturated rings. The molecule has 0 saturated carbocycles. The highest BCUT2D eigenvalue weighted by Crippen LogP contribution is 2.30. The van der Waals surface area contributed by atoms with Gasteiger partial charge in [-0.25, -0.2) is 23.3 Å². The van der Waals surface area contributed by atoms with Crippen LogP contribution in [0.15, 0.2) is 30.5 Å². The summed E-state index contributed by atoms with van der Waals surface area (Å²) in [6.07, 6.45) is 2.20. The Balaban J connectivity index is 0.000000334. The van der Waals surface area contributed by atoms with E-state index in [1.807, 2.05) is 37.4 Å². The summed E-state index contributed by atoms with van der Waals surface area (Å²) in [7, 11) is 2.17. The van der Waals surface area contributed by atoms with Gasteiger partial charge in [-0.2, -0.15) is 0 Å². The molecule has 7 nitrogen and oxygen atoms in total. The summed E-state index contributed by atoms with van der Waals surface area (Å²) in [5, 5.41) is 4.17. The van der Waals surface area contributed by atoms with E-state index in [0.29, 0.717) is 16.9 Å². The maximum absolute atomic E-state index is 12.9. The molecule has 5 rings (SSSR count). The van der Waals surface area contributed by atoms with Crippen molar-refractivity contribution in [2.75, 3.05) is 25.9 Å². The van der Waals surface area contributed by atoms with Crippen molar-refractivity contribution in [2.45, 2.75) is 39.7 Å². The Kier molecular flexibility index (Phi) is 5.86. The van der Waals surface area contributed by atoms with Crippen LogP contribution in [-0.2, 0) is 6.54 Å². The van der Waals surface area contributed by atoms with Crippen molar-refractivity contribution < 1.29 is 8.78 Å². The molecule has 0 aliphatic carbocycles. The van der Waals surface area contributed by atoms with Crippen LogP contribution in [0.3, 0.4) is 0 Å². The highest BCUT2D eigenvalue weighted by atomic mass is 19.3. The van der Waals surface area contributed by atoms with E-state index in [1.165, 1.54) is 25.9 Å². The molecule has 1 saturated heterocycles. The number of aromatic nitrogens is 5. The molecule has 0 spiro atoms. The summed E-state index contributed by atoms with van der Waals surface area (Å²) in [6.45, 7) is 5.86. The summed E-state index contributed by atoms with van der Waals surface area (Å²) in [5.41, 5.74) is 10.5. The first kappa shape index (κ1) is 21.2. The number of imidazole rings is 1. The highest BCUT2D eigenvalue weighted by molar-refractivity contribution is 5.88. The van der Waals surface area contributed by atoms with Crippen LogP contribution in [0.5, 0.6) is 0 Å². The Morgan fingerprint density at radius 1 is 1.10 bits per heavy atom. The van der Waals surface area contributed by atoms with Gasteiger partial charge in [-0.1, -0.05) is 6.07 Å². The summed E-state index contributed by atoms with van der Waals surface area (Å²) in [5.74, 6) is 0.773. The number of anilines is 1. The van der Waals surface area contributed by atoms with Crippen LogP contribution >= 0.6 is 0 Å². The predicted molar refractivity (Wildman–Crippen MR) is 118 cm³/mol. The van der Waals surface area contributed by atoms with E-state index in [2.05, 4.69) is 27.0 Å². The van der Waals surface area contributed by atoms with Gasteiger partial charge in [-0.05, 0) is 70.6 Å². The molecule has 0 bridgehead atoms. The Morgan fingerprint density at radius 2 is 1.84 bits per heavy atom. The van der Waals surface area contributed by atoms with Crippen molar-refractivity contribution >= 4 is 22.5 Å². The van der Waals surface area contributed by atoms with Gasteiger partial charge >= 0.3 is 0 Å². The van der Waals surface area contributed by atoms with Gasteiger partial charge in [0.25, 0.3) is 6.43 Å². The number of aryl methyl sites for hydroxylation is 2. The standard InChI is InChI=1S/C17H16F2N6.C5H11N/c1-9-16-12(5-6-25(16)23-17(20)21-9)11-3-4-13-14(7-11)24(8-15(18)19)10(2)22-13;1-6-4-2-3-5-6/h3-7,15H,8H2,1-2H3,(H2,20,23);2-5H2,1H3. The zero-order valence-corrected chi connectivity index (χ0v) is 18.0. The number of rotatable bonds is 3. The number of alkyl halides is 2. The van der Waals surface area contributed by atoms with Gasteiger partial charge in [-0.15, -0.1) is 5.10 Å². The third-order valence-electron chi connectivity index (χ3n) is 5.60. The van der Waals surface area contributed by atoms with Gasteiger partial charge in [0.15, 0.2) is 0 Å². The molecule has 1 aliphatic rings. The van der Waals surface area contributed by atoms with Gasteiger partial charge in [0.05, 0.1) is 28.8 Å². The molecule has 0 atom stereocenters. The number of benzene rings is 1. The smallest absolute Gasteiger partial charge is 0.256 e. The van der Waals surface area contributed by atoms with Gasteiger partial charge < -0.3 is 15.2 Å². The molecule has 0 unspecified atom stereocenters. The van der Waals surface area contributed by atoms with Crippen LogP contribution in [0, 0.1) is 13.8 Å². The van der Waals surface area contributed by atoms with E-state index >= 15 is 0 Å². The van der Waals surface area contributed by atoms with Crippen LogP contribution in [0.4, 0.5) is 14.7 Å². The van der Waals surface area contributed by atoms with Crippen molar-refractivity contribution in [3.63, 3.8) is 0 Å². The molecular weight excluding hydrogens is 400 g/mol. The fraction of sp³-hybridized carbons (Fsp3) is 0.409. The number of likely N-dealkylation sites (tertiary alicyclic amines) is 1. The third kappa shape index (κ3) is 4.36. The minimum atomic E-state index is -2.44. The lowest BCUT2D eigenvalue weighted by molar-refractivity contribution is 0.127. The quantitative estimate of drug-likeness (QED) is 0.536. The first-order valence-electron chi connectivity index (χ1n) is 10.4. The molecule has 0 radical (unpaired) electrons. The Hall–Kier alpha value is -3.07. The Bertz CT molecular complexity index is 1210. The van der Waals surface area contributed by atoms with Gasteiger partial charge in [0, 0.05) is 11.8 Å². The topological polar surface area (TPSA) is 77.3 Å². The number of nitrogens with zero attached hydrogens (tertiary/aromatic N) is 6. The van der Waals surface area contributed by atoms with Gasteiger partial charge in [0.1, 0.15) is 5.82 Å². The largest absolute Gasteiger partial charge is 0.367 e. The summed E-state index contributed by atoms with van der Waals surface area (Å²) in [6, 6.07) is 7.56. The molecule has 4 heterocycles. The van der Waals surface area contributed by atoms with Crippen molar-refractivity contribution in [2.24, 2.45) is 0 Å². The van der Waals surface area contributed by atoms with Crippen LogP contribution in [0.25, 0.3) is 27.7 Å². The van der Waals surface area contributed by atoms with Crippen LogP contribution in [0.1, 0.15) is 24.4 Å². The lowest BCUT2D eigenvalue weighted by Gasteiger charge is -2.07. The molecule has 1 aromatic carbocycles. The number of fused-ring (bicyclic) bond motifs is 2. The second kappa shape index (κ2) is 8.58. The third-order valence-corrected chi connectivity index (χ3v) is 5.60. The van der Waals surface area contributed by atoms with Crippen molar-refractivity contribution in [1.29, 1.82) is 0 Å². The van der Waals surface area contributed by atoms with Crippen molar-refractivity contribution in [1.82, 2.24) is 29.0 Å². The first-order valence-corrected chi connectivity index (χ1v) is 10.4. The molecule has 2 N–H and O–H groups in total. The SMILES string of the molecule is CN1CCCC1.Cc1nc(N)nn2ccc(-c3ccc4nc(C)n(CC(F)F)c4c3)c12. The number of halogens is 2. The van der Waals surface area contributed by atoms with E-state index in [-0.39, 0.29) is 12.5 Å². The average Bonchev–Trinajstić information content (AvgIpc) is 3.42. The monoisotopic (exact) mass is 427 g/mol. The lowest BCUT2D eigenvalue weighted by Crippen LogP contribution is -2.10. The molecule has 164 valence electrons.